The zero-order valence-electron chi connectivity index (χ0n) is 18.3. The molecule has 0 atom stereocenters. The molecule has 0 bridgehead atoms. The molecule has 0 saturated carbocycles. The number of aryl methyl sites for hydroxylation is 1. The number of ether oxygens (including phenoxy) is 1. The van der Waals surface area contributed by atoms with Gasteiger partial charge in [-0.15, -0.1) is 0 Å². The van der Waals surface area contributed by atoms with Crippen molar-refractivity contribution >= 4 is 5.91 Å². The standard InChI is InChI=1S/C26H23N5O2/c1-17-3-6-20(7-4-17)22-13-30-31(14-22)25-11-23(28-16-29-25)26(32)27-12-19-5-8-24-21(10-19)9-18(2)15-33-24/h3-8,10-11,13-14,16H,2,9,12,15H2,1H3,(H,27,32). The summed E-state index contributed by atoms with van der Waals surface area (Å²) in [4.78, 5) is 21.1. The Morgan fingerprint density at radius 3 is 2.82 bits per heavy atom. The molecule has 164 valence electrons. The van der Waals surface area contributed by atoms with Crippen LogP contribution in [0.5, 0.6) is 5.75 Å². The molecule has 7 nitrogen and oxygen atoms in total. The van der Waals surface area contributed by atoms with Crippen molar-refractivity contribution in [1.82, 2.24) is 25.1 Å². The first-order valence-corrected chi connectivity index (χ1v) is 10.7. The number of hydrogen-bond acceptors (Lipinski definition) is 5. The number of rotatable bonds is 5. The second-order valence-corrected chi connectivity index (χ2v) is 8.14. The molecule has 1 aliphatic rings. The molecular weight excluding hydrogens is 414 g/mol. The van der Waals surface area contributed by atoms with Crippen LogP contribution < -0.4 is 10.1 Å². The van der Waals surface area contributed by atoms with E-state index in [4.69, 9.17) is 4.74 Å². The first-order chi connectivity index (χ1) is 16.0. The zero-order chi connectivity index (χ0) is 22.8. The summed E-state index contributed by atoms with van der Waals surface area (Å²) >= 11 is 0. The van der Waals surface area contributed by atoms with Gasteiger partial charge in [0.05, 0.1) is 6.20 Å². The highest BCUT2D eigenvalue weighted by Gasteiger charge is 2.15. The highest BCUT2D eigenvalue weighted by atomic mass is 16.5. The van der Waals surface area contributed by atoms with Crippen LogP contribution in [0.1, 0.15) is 27.2 Å². The van der Waals surface area contributed by atoms with Crippen LogP contribution in [0.25, 0.3) is 16.9 Å². The van der Waals surface area contributed by atoms with Gasteiger partial charge in [-0.3, -0.25) is 4.79 Å². The minimum Gasteiger partial charge on any atom is -0.489 e. The Bertz CT molecular complexity index is 1340. The van der Waals surface area contributed by atoms with E-state index in [0.717, 1.165) is 40.0 Å². The van der Waals surface area contributed by atoms with Gasteiger partial charge in [-0.2, -0.15) is 5.10 Å². The fourth-order valence-electron chi connectivity index (χ4n) is 3.73. The third kappa shape index (κ3) is 4.52. The van der Waals surface area contributed by atoms with E-state index in [2.05, 4.69) is 58.2 Å². The van der Waals surface area contributed by atoms with E-state index in [1.807, 2.05) is 24.4 Å². The Balaban J connectivity index is 1.28. The predicted octanol–water partition coefficient (Wildman–Crippen LogP) is 4.06. The Labute approximate surface area is 191 Å². The highest BCUT2D eigenvalue weighted by molar-refractivity contribution is 5.92. The van der Waals surface area contributed by atoms with Gasteiger partial charge in [-0.1, -0.05) is 48.5 Å². The van der Waals surface area contributed by atoms with Crippen molar-refractivity contribution < 1.29 is 9.53 Å². The van der Waals surface area contributed by atoms with Crippen molar-refractivity contribution in [2.75, 3.05) is 6.61 Å². The van der Waals surface area contributed by atoms with Gasteiger partial charge in [0.1, 0.15) is 24.4 Å². The van der Waals surface area contributed by atoms with Crippen LogP contribution in [-0.4, -0.2) is 32.3 Å². The van der Waals surface area contributed by atoms with Crippen molar-refractivity contribution in [3.63, 3.8) is 0 Å². The molecule has 5 rings (SSSR count). The monoisotopic (exact) mass is 437 g/mol. The summed E-state index contributed by atoms with van der Waals surface area (Å²) in [5.74, 6) is 1.13. The lowest BCUT2D eigenvalue weighted by Gasteiger charge is -2.19. The molecule has 2 aromatic carbocycles. The third-order valence-corrected chi connectivity index (χ3v) is 5.54. The van der Waals surface area contributed by atoms with Crippen molar-refractivity contribution in [3.05, 3.63) is 102 Å². The summed E-state index contributed by atoms with van der Waals surface area (Å²) in [6.07, 6.45) is 5.83. The lowest BCUT2D eigenvalue weighted by Crippen LogP contribution is -2.24. The number of nitrogens with one attached hydrogen (secondary N) is 1. The average molecular weight is 438 g/mol. The van der Waals surface area contributed by atoms with Crippen molar-refractivity contribution in [1.29, 1.82) is 0 Å². The van der Waals surface area contributed by atoms with Gasteiger partial charge in [0, 0.05) is 30.8 Å². The van der Waals surface area contributed by atoms with Gasteiger partial charge < -0.3 is 10.1 Å². The van der Waals surface area contributed by atoms with Crippen molar-refractivity contribution in [2.45, 2.75) is 19.9 Å². The minimum atomic E-state index is -0.275. The molecule has 4 aromatic rings. The van der Waals surface area contributed by atoms with Crippen LogP contribution in [0.3, 0.4) is 0 Å². The Hall–Kier alpha value is -4.26. The Kier molecular flexibility index (Phi) is 5.44. The number of benzene rings is 2. The molecule has 0 saturated heterocycles. The summed E-state index contributed by atoms with van der Waals surface area (Å²) in [6.45, 7) is 6.99. The molecule has 0 radical (unpaired) electrons. The van der Waals surface area contributed by atoms with E-state index in [-0.39, 0.29) is 11.6 Å². The smallest absolute Gasteiger partial charge is 0.270 e. The number of carbonyl (C=O) groups is 1. The molecule has 33 heavy (non-hydrogen) atoms. The molecular formula is C26H23N5O2. The van der Waals surface area contributed by atoms with Crippen LogP contribution in [0.4, 0.5) is 0 Å². The van der Waals surface area contributed by atoms with Crippen LogP contribution in [0, 0.1) is 6.92 Å². The largest absolute Gasteiger partial charge is 0.489 e. The molecule has 0 fully saturated rings. The molecule has 1 aliphatic heterocycles. The number of amides is 1. The fraction of sp³-hybridized carbons (Fsp3) is 0.154. The SMILES string of the molecule is C=C1COc2ccc(CNC(=O)c3cc(-n4cc(-c5ccc(C)cc5)cn4)ncn3)cc2C1. The van der Waals surface area contributed by atoms with Gasteiger partial charge in [0.25, 0.3) is 5.91 Å². The van der Waals surface area contributed by atoms with E-state index < -0.39 is 0 Å². The van der Waals surface area contributed by atoms with Gasteiger partial charge in [-0.05, 0) is 35.3 Å². The van der Waals surface area contributed by atoms with Gasteiger partial charge >= 0.3 is 0 Å². The van der Waals surface area contributed by atoms with Gasteiger partial charge in [0.2, 0.25) is 0 Å². The molecule has 0 spiro atoms. The number of carbonyl (C=O) groups excluding carboxylic acids is 1. The van der Waals surface area contributed by atoms with Gasteiger partial charge in [-0.25, -0.2) is 14.6 Å². The average Bonchev–Trinajstić information content (AvgIpc) is 3.33. The van der Waals surface area contributed by atoms with Crippen LogP contribution >= 0.6 is 0 Å². The maximum absolute atomic E-state index is 12.7. The first-order valence-electron chi connectivity index (χ1n) is 10.7. The molecule has 0 unspecified atom stereocenters. The van der Waals surface area contributed by atoms with E-state index in [1.165, 1.54) is 11.9 Å². The first kappa shape index (κ1) is 20.6. The normalized spacial score (nSPS) is 12.7. The quantitative estimate of drug-likeness (QED) is 0.476. The summed E-state index contributed by atoms with van der Waals surface area (Å²) in [5, 5.41) is 7.33. The Morgan fingerprint density at radius 1 is 1.12 bits per heavy atom. The van der Waals surface area contributed by atoms with Crippen molar-refractivity contribution in [3.8, 4) is 22.7 Å². The maximum atomic E-state index is 12.7. The highest BCUT2D eigenvalue weighted by Crippen LogP contribution is 2.27. The number of aromatic nitrogens is 4. The molecule has 3 heterocycles. The summed E-state index contributed by atoms with van der Waals surface area (Å²) in [5.41, 5.74) is 6.64. The van der Waals surface area contributed by atoms with Gasteiger partial charge in [0.15, 0.2) is 5.82 Å². The topological polar surface area (TPSA) is 81.9 Å². The zero-order valence-corrected chi connectivity index (χ0v) is 18.3. The summed E-state index contributed by atoms with van der Waals surface area (Å²) in [7, 11) is 0. The van der Waals surface area contributed by atoms with Crippen LogP contribution in [0.2, 0.25) is 0 Å². The fourth-order valence-corrected chi connectivity index (χ4v) is 3.73. The Morgan fingerprint density at radius 2 is 1.97 bits per heavy atom. The van der Waals surface area contributed by atoms with Crippen molar-refractivity contribution in [2.24, 2.45) is 0 Å². The summed E-state index contributed by atoms with van der Waals surface area (Å²) in [6, 6.07) is 15.8. The van der Waals surface area contributed by atoms with Crippen LogP contribution in [-0.2, 0) is 13.0 Å². The van der Waals surface area contributed by atoms with E-state index in [1.54, 1.807) is 16.9 Å². The number of hydrogen-bond donors (Lipinski definition) is 1. The summed E-state index contributed by atoms with van der Waals surface area (Å²) < 4.78 is 7.31. The van der Waals surface area contributed by atoms with E-state index in [0.29, 0.717) is 19.0 Å². The molecule has 1 amide bonds. The molecule has 1 N–H and O–H groups in total. The lowest BCUT2D eigenvalue weighted by atomic mass is 10.0. The van der Waals surface area contributed by atoms with E-state index >= 15 is 0 Å². The molecule has 2 aromatic heterocycles. The second kappa shape index (κ2) is 8.70. The third-order valence-electron chi connectivity index (χ3n) is 5.54. The second-order valence-electron chi connectivity index (χ2n) is 8.14. The van der Waals surface area contributed by atoms with Crippen LogP contribution in [0.15, 0.2) is 79.4 Å². The lowest BCUT2D eigenvalue weighted by molar-refractivity contribution is 0.0945. The minimum absolute atomic E-state index is 0.275. The number of fused-ring (bicyclic) bond motifs is 1. The predicted molar refractivity (Wildman–Crippen MR) is 125 cm³/mol. The number of nitrogens with zero attached hydrogens (tertiary/aromatic N) is 4. The maximum Gasteiger partial charge on any atom is 0.270 e. The molecule has 0 aliphatic carbocycles. The van der Waals surface area contributed by atoms with E-state index in [9.17, 15) is 4.79 Å². The molecule has 7 heteroatoms.